The van der Waals surface area contributed by atoms with Crippen molar-refractivity contribution in [3.8, 4) is 0 Å². The maximum atomic E-state index is 4.00. The van der Waals surface area contributed by atoms with Crippen molar-refractivity contribution in [3.63, 3.8) is 0 Å². The molecule has 0 aromatic carbocycles. The summed E-state index contributed by atoms with van der Waals surface area (Å²) in [6.07, 6.45) is 8.81. The lowest BCUT2D eigenvalue weighted by Crippen LogP contribution is -2.34. The first-order valence-corrected chi connectivity index (χ1v) is 7.40. The smallest absolute Gasteiger partial charge is 0.0138 e. The van der Waals surface area contributed by atoms with Crippen molar-refractivity contribution in [2.24, 2.45) is 23.7 Å². The summed E-state index contributed by atoms with van der Waals surface area (Å²) in [6, 6.07) is 1.76. The molecule has 0 aromatic rings. The Labute approximate surface area is 98.6 Å². The van der Waals surface area contributed by atoms with E-state index in [0.29, 0.717) is 0 Å². The van der Waals surface area contributed by atoms with Crippen molar-refractivity contribution in [1.29, 1.82) is 0 Å². The Morgan fingerprint density at radius 1 is 0.875 bits per heavy atom. The summed E-state index contributed by atoms with van der Waals surface area (Å²) in [6.45, 7) is 2.47. The van der Waals surface area contributed by atoms with Gasteiger partial charge in [-0.3, -0.25) is 0 Å². The van der Waals surface area contributed by atoms with Crippen LogP contribution in [0.25, 0.3) is 0 Å². The average Bonchev–Trinajstić information content (AvgIpc) is 2.79. The van der Waals surface area contributed by atoms with Crippen LogP contribution in [0, 0.1) is 23.7 Å². The standard InChI is InChI=1S/C14H24N2/c1-2-11(5-7-15-6-1)16-14-12-9-3-4-10(8-9)13(12)14/h9-16H,1-8H2. The van der Waals surface area contributed by atoms with Gasteiger partial charge in [-0.1, -0.05) is 0 Å². The Bertz CT molecular complexity index is 254. The molecular weight excluding hydrogens is 196 g/mol. The maximum Gasteiger partial charge on any atom is 0.0138 e. The summed E-state index contributed by atoms with van der Waals surface area (Å²) in [7, 11) is 0. The fourth-order valence-corrected chi connectivity index (χ4v) is 5.01. The molecule has 2 N–H and O–H groups in total. The Balaban J connectivity index is 1.36. The summed E-state index contributed by atoms with van der Waals surface area (Å²) >= 11 is 0. The highest BCUT2D eigenvalue weighted by molar-refractivity contribution is 5.17. The zero-order chi connectivity index (χ0) is 10.5. The van der Waals surface area contributed by atoms with Gasteiger partial charge in [0.1, 0.15) is 0 Å². The molecule has 4 rings (SSSR count). The molecule has 5 atom stereocenters. The van der Waals surface area contributed by atoms with Gasteiger partial charge in [-0.05, 0) is 75.3 Å². The first-order chi connectivity index (χ1) is 7.93. The fourth-order valence-electron chi connectivity index (χ4n) is 5.01. The van der Waals surface area contributed by atoms with Gasteiger partial charge >= 0.3 is 0 Å². The van der Waals surface area contributed by atoms with E-state index in [1.54, 1.807) is 19.3 Å². The minimum Gasteiger partial charge on any atom is -0.317 e. The van der Waals surface area contributed by atoms with Crippen LogP contribution in [0.1, 0.15) is 38.5 Å². The Morgan fingerprint density at radius 3 is 2.50 bits per heavy atom. The van der Waals surface area contributed by atoms with E-state index in [9.17, 15) is 0 Å². The van der Waals surface area contributed by atoms with Gasteiger partial charge in [-0.2, -0.15) is 0 Å². The average molecular weight is 220 g/mol. The third kappa shape index (κ3) is 1.46. The largest absolute Gasteiger partial charge is 0.317 e. The first-order valence-electron chi connectivity index (χ1n) is 7.40. The maximum absolute atomic E-state index is 4.00. The number of rotatable bonds is 2. The van der Waals surface area contributed by atoms with Crippen molar-refractivity contribution in [1.82, 2.24) is 10.6 Å². The summed E-state index contributed by atoms with van der Waals surface area (Å²) in [5.41, 5.74) is 0. The van der Waals surface area contributed by atoms with Crippen LogP contribution in [-0.4, -0.2) is 25.2 Å². The van der Waals surface area contributed by atoms with Gasteiger partial charge < -0.3 is 10.6 Å². The molecule has 3 saturated carbocycles. The van der Waals surface area contributed by atoms with Crippen molar-refractivity contribution in [3.05, 3.63) is 0 Å². The minimum absolute atomic E-state index is 0.824. The molecule has 3 aliphatic carbocycles. The normalized spacial score (nSPS) is 54.8. The van der Waals surface area contributed by atoms with E-state index in [1.807, 2.05) is 0 Å². The van der Waals surface area contributed by atoms with E-state index in [0.717, 1.165) is 35.8 Å². The molecule has 0 aromatic heterocycles. The van der Waals surface area contributed by atoms with Crippen molar-refractivity contribution >= 4 is 0 Å². The number of nitrogens with one attached hydrogen (secondary N) is 2. The van der Waals surface area contributed by atoms with Gasteiger partial charge in [0.15, 0.2) is 0 Å². The lowest BCUT2D eigenvalue weighted by atomic mass is 10.0. The molecule has 0 radical (unpaired) electrons. The molecule has 0 spiro atoms. The van der Waals surface area contributed by atoms with Crippen LogP contribution in [0.15, 0.2) is 0 Å². The van der Waals surface area contributed by atoms with Crippen LogP contribution in [-0.2, 0) is 0 Å². The lowest BCUT2D eigenvalue weighted by molar-refractivity contribution is 0.396. The Hall–Kier alpha value is -0.0800. The third-order valence-corrected chi connectivity index (χ3v) is 5.74. The first kappa shape index (κ1) is 9.90. The molecule has 1 heterocycles. The minimum atomic E-state index is 0.824. The molecule has 1 saturated heterocycles. The van der Waals surface area contributed by atoms with Crippen molar-refractivity contribution in [2.75, 3.05) is 13.1 Å². The Kier molecular flexibility index (Phi) is 2.29. The second-order valence-corrected chi connectivity index (χ2v) is 6.56. The SMILES string of the molecule is C1CNCCC(NC2C3C4CCC(C4)C23)C1. The molecule has 2 bridgehead atoms. The number of hydrogen-bond acceptors (Lipinski definition) is 2. The molecule has 1 aliphatic heterocycles. The quantitative estimate of drug-likeness (QED) is 0.741. The van der Waals surface area contributed by atoms with Crippen LogP contribution >= 0.6 is 0 Å². The molecule has 90 valence electrons. The predicted octanol–water partition coefficient (Wildman–Crippen LogP) is 1.76. The molecule has 4 fully saturated rings. The molecule has 16 heavy (non-hydrogen) atoms. The van der Waals surface area contributed by atoms with E-state index in [1.165, 1.54) is 32.4 Å². The summed E-state index contributed by atoms with van der Waals surface area (Å²) in [5, 5.41) is 7.51. The van der Waals surface area contributed by atoms with Gasteiger partial charge in [-0.15, -0.1) is 0 Å². The van der Waals surface area contributed by atoms with E-state index < -0.39 is 0 Å². The molecular formula is C14H24N2. The predicted molar refractivity (Wildman–Crippen MR) is 65.2 cm³/mol. The Morgan fingerprint density at radius 2 is 1.69 bits per heavy atom. The van der Waals surface area contributed by atoms with Gasteiger partial charge in [0.25, 0.3) is 0 Å². The van der Waals surface area contributed by atoms with Gasteiger partial charge in [0.05, 0.1) is 0 Å². The van der Waals surface area contributed by atoms with Crippen LogP contribution < -0.4 is 10.6 Å². The van der Waals surface area contributed by atoms with E-state index in [2.05, 4.69) is 10.6 Å². The third-order valence-electron chi connectivity index (χ3n) is 5.74. The zero-order valence-corrected chi connectivity index (χ0v) is 10.1. The molecule has 2 nitrogen and oxygen atoms in total. The van der Waals surface area contributed by atoms with Crippen molar-refractivity contribution < 1.29 is 0 Å². The topological polar surface area (TPSA) is 24.1 Å². The monoisotopic (exact) mass is 220 g/mol. The zero-order valence-electron chi connectivity index (χ0n) is 10.1. The van der Waals surface area contributed by atoms with Crippen LogP contribution in [0.3, 0.4) is 0 Å². The second kappa shape index (κ2) is 3.71. The second-order valence-electron chi connectivity index (χ2n) is 6.56. The summed E-state index contributed by atoms with van der Waals surface area (Å²) in [5.74, 6) is 4.46. The van der Waals surface area contributed by atoms with Crippen LogP contribution in [0.4, 0.5) is 0 Å². The van der Waals surface area contributed by atoms with E-state index in [4.69, 9.17) is 0 Å². The lowest BCUT2D eigenvalue weighted by Gasteiger charge is -2.18. The molecule has 5 unspecified atom stereocenters. The van der Waals surface area contributed by atoms with Crippen LogP contribution in [0.5, 0.6) is 0 Å². The fraction of sp³-hybridized carbons (Fsp3) is 1.00. The highest BCUT2D eigenvalue weighted by Gasteiger charge is 2.64. The molecule has 4 aliphatic rings. The van der Waals surface area contributed by atoms with Gasteiger partial charge in [0.2, 0.25) is 0 Å². The van der Waals surface area contributed by atoms with Gasteiger partial charge in [-0.25, -0.2) is 0 Å². The highest BCUT2D eigenvalue weighted by atomic mass is 15.1. The molecule has 0 amide bonds. The summed E-state index contributed by atoms with van der Waals surface area (Å²) in [4.78, 5) is 0. The van der Waals surface area contributed by atoms with E-state index in [-0.39, 0.29) is 0 Å². The van der Waals surface area contributed by atoms with Crippen molar-refractivity contribution in [2.45, 2.75) is 50.6 Å². The van der Waals surface area contributed by atoms with Gasteiger partial charge in [0, 0.05) is 12.1 Å². The molecule has 2 heteroatoms. The number of hydrogen-bond donors (Lipinski definition) is 2. The van der Waals surface area contributed by atoms with Crippen LogP contribution in [0.2, 0.25) is 0 Å². The summed E-state index contributed by atoms with van der Waals surface area (Å²) < 4.78 is 0. The highest BCUT2D eigenvalue weighted by Crippen LogP contribution is 2.65. The van der Waals surface area contributed by atoms with E-state index >= 15 is 0 Å². The number of fused-ring (bicyclic) bond motifs is 5.